The lowest BCUT2D eigenvalue weighted by molar-refractivity contribution is 0.213. The van der Waals surface area contributed by atoms with Crippen LogP contribution in [0.4, 0.5) is 11.4 Å². The molecule has 5 rings (SSSR count). The molecular weight excluding hydrogens is 500 g/mol. The predicted molar refractivity (Wildman–Crippen MR) is 155 cm³/mol. The maximum absolute atomic E-state index is 5.59. The van der Waals surface area contributed by atoms with Gasteiger partial charge in [0.15, 0.2) is 0 Å². The summed E-state index contributed by atoms with van der Waals surface area (Å²) in [4.78, 5) is 14.6. The zero-order chi connectivity index (χ0) is 25.9. The average molecular weight is 537 g/mol. The number of benzene rings is 2. The highest BCUT2D eigenvalue weighted by molar-refractivity contribution is 5.85. The first-order valence-electron chi connectivity index (χ1n) is 13.0. The van der Waals surface area contributed by atoms with Gasteiger partial charge >= 0.3 is 0 Å². The van der Waals surface area contributed by atoms with Crippen LogP contribution in [0, 0.1) is 0 Å². The summed E-state index contributed by atoms with van der Waals surface area (Å²) < 4.78 is 13.0. The van der Waals surface area contributed by atoms with Crippen molar-refractivity contribution >= 4 is 34.8 Å². The topological polar surface area (TPSA) is 68.5 Å². The fraction of sp³-hybridized carbons (Fsp3) is 0.414. The first kappa shape index (κ1) is 27.7. The summed E-state index contributed by atoms with van der Waals surface area (Å²) in [5.74, 6) is 1.53. The van der Waals surface area contributed by atoms with Crippen molar-refractivity contribution in [2.45, 2.75) is 45.2 Å². The Morgan fingerprint density at radius 2 is 1.63 bits per heavy atom. The minimum atomic E-state index is 0. The van der Waals surface area contributed by atoms with Gasteiger partial charge in [-0.15, -0.1) is 12.4 Å². The van der Waals surface area contributed by atoms with E-state index in [1.807, 2.05) is 37.8 Å². The Morgan fingerprint density at radius 1 is 0.921 bits per heavy atom. The fourth-order valence-electron chi connectivity index (χ4n) is 5.32. The highest BCUT2D eigenvalue weighted by atomic mass is 35.5. The molecule has 3 heterocycles. The first-order chi connectivity index (χ1) is 17.9. The number of aryl methyl sites for hydroxylation is 1. The van der Waals surface area contributed by atoms with Crippen LogP contribution in [0.5, 0.6) is 11.5 Å². The Hall–Kier alpha value is -3.36. The molecule has 0 aliphatic carbocycles. The fourth-order valence-corrected chi connectivity index (χ4v) is 5.32. The van der Waals surface area contributed by atoms with E-state index in [1.54, 1.807) is 18.9 Å². The van der Waals surface area contributed by atoms with Crippen molar-refractivity contribution in [2.24, 2.45) is 7.05 Å². The molecule has 0 saturated carbocycles. The van der Waals surface area contributed by atoms with Gasteiger partial charge < -0.3 is 14.4 Å². The monoisotopic (exact) mass is 536 g/mol. The third kappa shape index (κ3) is 5.87. The van der Waals surface area contributed by atoms with Crippen LogP contribution in [-0.2, 0) is 7.05 Å². The molecule has 1 aliphatic rings. The number of halogens is 1. The SMILES string of the molecule is COc1cc(OC)cc(N(CCCN2[C@@H](C)CC[C@@H]2C)c2ccc3ncc(-c4cnn(C)c4)nc3c2)c1.Cl. The summed E-state index contributed by atoms with van der Waals surface area (Å²) in [5.41, 5.74) is 5.55. The number of fused-ring (bicyclic) bond motifs is 1. The Morgan fingerprint density at radius 3 is 2.26 bits per heavy atom. The molecule has 0 N–H and O–H groups in total. The van der Waals surface area contributed by atoms with Gasteiger partial charge in [0, 0.05) is 73.6 Å². The number of rotatable bonds is 9. The standard InChI is InChI=1S/C29H36N6O2.ClH/c1-20-7-8-21(2)34(20)11-6-12-35(24-13-25(36-4)16-26(14-24)37-5)23-9-10-27-28(15-23)32-29(18-30-27)22-17-31-33(3)19-22;/h9-10,13-21H,6-8,11-12H2,1-5H3;1H/t20-,21-;/m0./s1. The minimum Gasteiger partial charge on any atom is -0.497 e. The summed E-state index contributed by atoms with van der Waals surface area (Å²) in [6.07, 6.45) is 9.17. The van der Waals surface area contributed by atoms with Gasteiger partial charge in [-0.05, 0) is 51.3 Å². The quantitative estimate of drug-likeness (QED) is 0.265. The molecule has 4 aromatic rings. The summed E-state index contributed by atoms with van der Waals surface area (Å²) in [5, 5.41) is 4.28. The average Bonchev–Trinajstić information content (AvgIpc) is 3.50. The molecule has 0 amide bonds. The lowest BCUT2D eigenvalue weighted by atomic mass is 10.1. The molecule has 1 fully saturated rings. The van der Waals surface area contributed by atoms with Crippen LogP contribution in [0.3, 0.4) is 0 Å². The van der Waals surface area contributed by atoms with Crippen LogP contribution in [0.1, 0.15) is 33.1 Å². The van der Waals surface area contributed by atoms with Gasteiger partial charge in [-0.2, -0.15) is 5.10 Å². The highest BCUT2D eigenvalue weighted by Crippen LogP contribution is 2.34. The van der Waals surface area contributed by atoms with Gasteiger partial charge in [0.05, 0.1) is 43.3 Å². The van der Waals surface area contributed by atoms with Gasteiger partial charge in [0.1, 0.15) is 11.5 Å². The number of anilines is 2. The van der Waals surface area contributed by atoms with Gasteiger partial charge in [-0.25, -0.2) is 4.98 Å². The maximum Gasteiger partial charge on any atom is 0.124 e. The molecule has 1 aliphatic heterocycles. The van der Waals surface area contributed by atoms with Crippen LogP contribution in [0.2, 0.25) is 0 Å². The van der Waals surface area contributed by atoms with Crippen molar-refractivity contribution < 1.29 is 9.47 Å². The second kappa shape index (κ2) is 12.0. The first-order valence-corrected chi connectivity index (χ1v) is 13.0. The second-order valence-corrected chi connectivity index (χ2v) is 9.92. The van der Waals surface area contributed by atoms with E-state index in [4.69, 9.17) is 14.5 Å². The molecule has 2 aromatic heterocycles. The van der Waals surface area contributed by atoms with E-state index in [-0.39, 0.29) is 12.4 Å². The zero-order valence-electron chi connectivity index (χ0n) is 22.8. The molecule has 0 bridgehead atoms. The Balaban J connectivity index is 0.00000336. The minimum absolute atomic E-state index is 0. The Kier molecular flexibility index (Phi) is 8.74. The van der Waals surface area contributed by atoms with E-state index in [0.717, 1.165) is 64.7 Å². The van der Waals surface area contributed by atoms with Crippen molar-refractivity contribution in [3.63, 3.8) is 0 Å². The van der Waals surface area contributed by atoms with Gasteiger partial charge in [-0.3, -0.25) is 14.6 Å². The van der Waals surface area contributed by atoms with E-state index in [9.17, 15) is 0 Å². The molecule has 1 saturated heterocycles. The lowest BCUT2D eigenvalue weighted by Gasteiger charge is -2.30. The van der Waals surface area contributed by atoms with E-state index < -0.39 is 0 Å². The van der Waals surface area contributed by atoms with Gasteiger partial charge in [0.25, 0.3) is 0 Å². The molecule has 0 spiro atoms. The molecule has 2 atom stereocenters. The van der Waals surface area contributed by atoms with Crippen LogP contribution < -0.4 is 14.4 Å². The number of nitrogens with zero attached hydrogens (tertiary/aromatic N) is 6. The van der Waals surface area contributed by atoms with Crippen molar-refractivity contribution in [2.75, 3.05) is 32.2 Å². The molecule has 8 nitrogen and oxygen atoms in total. The van der Waals surface area contributed by atoms with E-state index >= 15 is 0 Å². The molecular formula is C29H37ClN6O2. The van der Waals surface area contributed by atoms with Crippen LogP contribution in [-0.4, -0.2) is 64.0 Å². The normalized spacial score (nSPS) is 17.4. The summed E-state index contributed by atoms with van der Waals surface area (Å²) in [6.45, 7) is 6.61. The third-order valence-electron chi connectivity index (χ3n) is 7.42. The summed E-state index contributed by atoms with van der Waals surface area (Å²) in [7, 11) is 5.27. The van der Waals surface area contributed by atoms with E-state index in [2.05, 4.69) is 58.0 Å². The molecule has 0 radical (unpaired) electrons. The summed E-state index contributed by atoms with van der Waals surface area (Å²) >= 11 is 0. The van der Waals surface area contributed by atoms with Gasteiger partial charge in [0.2, 0.25) is 0 Å². The second-order valence-electron chi connectivity index (χ2n) is 9.92. The molecule has 38 heavy (non-hydrogen) atoms. The van der Waals surface area contributed by atoms with Gasteiger partial charge in [-0.1, -0.05) is 0 Å². The third-order valence-corrected chi connectivity index (χ3v) is 7.42. The number of hydrogen-bond acceptors (Lipinski definition) is 7. The molecule has 0 unspecified atom stereocenters. The summed E-state index contributed by atoms with van der Waals surface area (Å²) in [6, 6.07) is 13.6. The largest absolute Gasteiger partial charge is 0.497 e. The lowest BCUT2D eigenvalue weighted by Crippen LogP contribution is -2.35. The number of hydrogen-bond donors (Lipinski definition) is 0. The Labute approximate surface area is 231 Å². The van der Waals surface area contributed by atoms with E-state index in [0.29, 0.717) is 12.1 Å². The van der Waals surface area contributed by atoms with Crippen molar-refractivity contribution in [1.82, 2.24) is 24.6 Å². The smallest absolute Gasteiger partial charge is 0.124 e. The number of likely N-dealkylation sites (tertiary alicyclic amines) is 1. The van der Waals surface area contributed by atoms with E-state index in [1.165, 1.54) is 12.8 Å². The zero-order valence-corrected chi connectivity index (χ0v) is 23.6. The Bertz CT molecular complexity index is 1340. The number of ether oxygens (including phenoxy) is 2. The number of methoxy groups -OCH3 is 2. The molecule has 9 heteroatoms. The molecule has 202 valence electrons. The van der Waals surface area contributed by atoms with Crippen molar-refractivity contribution in [1.29, 1.82) is 0 Å². The van der Waals surface area contributed by atoms with Crippen LogP contribution >= 0.6 is 12.4 Å². The number of aromatic nitrogens is 4. The predicted octanol–water partition coefficient (Wildman–Crippen LogP) is 5.87. The van der Waals surface area contributed by atoms with Crippen LogP contribution in [0.25, 0.3) is 22.3 Å². The highest BCUT2D eigenvalue weighted by Gasteiger charge is 2.26. The van der Waals surface area contributed by atoms with Crippen molar-refractivity contribution in [3.8, 4) is 22.8 Å². The maximum atomic E-state index is 5.59. The van der Waals surface area contributed by atoms with Crippen LogP contribution in [0.15, 0.2) is 55.0 Å². The molecule has 2 aromatic carbocycles. The van der Waals surface area contributed by atoms with Crippen molar-refractivity contribution in [3.05, 3.63) is 55.0 Å².